The van der Waals surface area contributed by atoms with Crippen molar-refractivity contribution < 1.29 is 19.2 Å². The number of nitro benzene ring substituents is 1. The highest BCUT2D eigenvalue weighted by molar-refractivity contribution is 8.19. The SMILES string of the molecule is COc1ccccc1N1C(=O)S/C(=C\c2ccccc2[N+](=O)[O-])C1=O. The van der Waals surface area contributed by atoms with Crippen LogP contribution in [0.4, 0.5) is 16.2 Å². The molecule has 1 fully saturated rings. The van der Waals surface area contributed by atoms with Gasteiger partial charge in [0.25, 0.3) is 16.8 Å². The van der Waals surface area contributed by atoms with Crippen molar-refractivity contribution in [1.82, 2.24) is 0 Å². The molecule has 8 heteroatoms. The van der Waals surface area contributed by atoms with Gasteiger partial charge in [0.2, 0.25) is 0 Å². The van der Waals surface area contributed by atoms with E-state index in [-0.39, 0.29) is 16.2 Å². The second-order valence-corrected chi connectivity index (χ2v) is 6.00. The van der Waals surface area contributed by atoms with Crippen LogP contribution in [0.5, 0.6) is 5.75 Å². The van der Waals surface area contributed by atoms with Crippen molar-refractivity contribution in [2.24, 2.45) is 0 Å². The minimum absolute atomic E-state index is 0.116. The summed E-state index contributed by atoms with van der Waals surface area (Å²) in [5.41, 5.74) is 0.461. The van der Waals surface area contributed by atoms with Gasteiger partial charge in [-0.2, -0.15) is 0 Å². The van der Waals surface area contributed by atoms with E-state index in [2.05, 4.69) is 0 Å². The predicted molar refractivity (Wildman–Crippen MR) is 94.5 cm³/mol. The second kappa shape index (κ2) is 6.78. The Morgan fingerprint density at radius 2 is 1.80 bits per heavy atom. The van der Waals surface area contributed by atoms with Gasteiger partial charge in [-0.25, -0.2) is 4.90 Å². The summed E-state index contributed by atoms with van der Waals surface area (Å²) in [6, 6.07) is 12.7. The van der Waals surface area contributed by atoms with Crippen LogP contribution >= 0.6 is 11.8 Å². The highest BCUT2D eigenvalue weighted by Gasteiger charge is 2.38. The van der Waals surface area contributed by atoms with Gasteiger partial charge in [0.15, 0.2) is 0 Å². The van der Waals surface area contributed by atoms with Crippen LogP contribution in [-0.2, 0) is 4.79 Å². The fourth-order valence-electron chi connectivity index (χ4n) is 2.41. The summed E-state index contributed by atoms with van der Waals surface area (Å²) in [5.74, 6) is -0.158. The molecule has 2 amide bonds. The lowest BCUT2D eigenvalue weighted by molar-refractivity contribution is -0.385. The Morgan fingerprint density at radius 1 is 1.12 bits per heavy atom. The topological polar surface area (TPSA) is 89.8 Å². The van der Waals surface area contributed by atoms with Crippen molar-refractivity contribution in [2.45, 2.75) is 0 Å². The zero-order valence-electron chi connectivity index (χ0n) is 13.0. The monoisotopic (exact) mass is 356 g/mol. The number of para-hydroxylation sites is 3. The van der Waals surface area contributed by atoms with Crippen LogP contribution in [0.3, 0.4) is 0 Å². The maximum Gasteiger partial charge on any atom is 0.298 e. The molecule has 126 valence electrons. The van der Waals surface area contributed by atoms with Gasteiger partial charge in [-0.15, -0.1) is 0 Å². The molecule has 2 aromatic rings. The van der Waals surface area contributed by atoms with Crippen LogP contribution in [0.2, 0.25) is 0 Å². The van der Waals surface area contributed by atoms with Crippen molar-refractivity contribution in [3.05, 3.63) is 69.1 Å². The molecule has 1 aliphatic rings. The molecule has 3 rings (SSSR count). The molecule has 1 saturated heterocycles. The first-order valence-electron chi connectivity index (χ1n) is 7.17. The lowest BCUT2D eigenvalue weighted by Crippen LogP contribution is -2.28. The van der Waals surface area contributed by atoms with Crippen LogP contribution in [0.25, 0.3) is 6.08 Å². The minimum Gasteiger partial charge on any atom is -0.495 e. The zero-order chi connectivity index (χ0) is 18.0. The smallest absolute Gasteiger partial charge is 0.298 e. The minimum atomic E-state index is -0.544. The molecular weight excluding hydrogens is 344 g/mol. The molecule has 1 heterocycles. The number of thioether (sulfide) groups is 1. The fraction of sp³-hybridized carbons (Fsp3) is 0.0588. The molecule has 0 saturated carbocycles. The van der Waals surface area contributed by atoms with Crippen LogP contribution in [-0.4, -0.2) is 23.2 Å². The average molecular weight is 356 g/mol. The molecule has 0 aromatic heterocycles. The van der Waals surface area contributed by atoms with Gasteiger partial charge >= 0.3 is 0 Å². The van der Waals surface area contributed by atoms with E-state index in [9.17, 15) is 19.7 Å². The van der Waals surface area contributed by atoms with E-state index in [0.29, 0.717) is 11.4 Å². The van der Waals surface area contributed by atoms with E-state index in [1.807, 2.05) is 0 Å². The molecule has 0 aliphatic carbocycles. The average Bonchev–Trinajstić information content (AvgIpc) is 2.88. The van der Waals surface area contributed by atoms with Gasteiger partial charge in [0.1, 0.15) is 5.75 Å². The van der Waals surface area contributed by atoms with Crippen molar-refractivity contribution in [2.75, 3.05) is 12.0 Å². The number of benzene rings is 2. The molecule has 0 atom stereocenters. The molecule has 25 heavy (non-hydrogen) atoms. The third-order valence-electron chi connectivity index (χ3n) is 3.54. The Hall–Kier alpha value is -3.13. The Morgan fingerprint density at radius 3 is 2.52 bits per heavy atom. The molecule has 0 radical (unpaired) electrons. The molecular formula is C17H12N2O5S. The number of carbonyl (C=O) groups excluding carboxylic acids is 2. The van der Waals surface area contributed by atoms with Crippen molar-refractivity contribution in [1.29, 1.82) is 0 Å². The Bertz CT molecular complexity index is 909. The first-order chi connectivity index (χ1) is 12.0. The summed E-state index contributed by atoms with van der Waals surface area (Å²) < 4.78 is 5.19. The Kier molecular flexibility index (Phi) is 4.53. The number of ether oxygens (including phenoxy) is 1. The number of rotatable bonds is 4. The summed E-state index contributed by atoms with van der Waals surface area (Å²) in [6.07, 6.45) is 1.36. The molecule has 2 aromatic carbocycles. The molecule has 0 bridgehead atoms. The molecule has 7 nitrogen and oxygen atoms in total. The number of hydrogen-bond acceptors (Lipinski definition) is 6. The van der Waals surface area contributed by atoms with Gasteiger partial charge in [-0.05, 0) is 36.0 Å². The molecule has 0 spiro atoms. The van der Waals surface area contributed by atoms with Crippen molar-refractivity contribution >= 4 is 40.4 Å². The van der Waals surface area contributed by atoms with Gasteiger partial charge < -0.3 is 4.74 Å². The van der Waals surface area contributed by atoms with Gasteiger partial charge in [-0.1, -0.05) is 24.3 Å². The number of carbonyl (C=O) groups is 2. The Labute approximate surface area is 147 Å². The second-order valence-electron chi connectivity index (χ2n) is 5.00. The summed E-state index contributed by atoms with van der Waals surface area (Å²) in [6.45, 7) is 0. The predicted octanol–water partition coefficient (Wildman–Crippen LogP) is 3.84. The lowest BCUT2D eigenvalue weighted by Gasteiger charge is -2.15. The quantitative estimate of drug-likeness (QED) is 0.470. The normalized spacial score (nSPS) is 15.7. The first-order valence-corrected chi connectivity index (χ1v) is 7.99. The number of nitrogens with zero attached hydrogens (tertiary/aromatic N) is 2. The number of imide groups is 1. The van der Waals surface area contributed by atoms with E-state index < -0.39 is 16.1 Å². The summed E-state index contributed by atoms with van der Waals surface area (Å²) in [5, 5.41) is 10.6. The first kappa shape index (κ1) is 16.7. The molecule has 0 N–H and O–H groups in total. The number of methoxy groups -OCH3 is 1. The number of hydrogen-bond donors (Lipinski definition) is 0. The largest absolute Gasteiger partial charge is 0.495 e. The summed E-state index contributed by atoms with van der Waals surface area (Å²) in [4.78, 5) is 36.7. The van der Waals surface area contributed by atoms with Crippen molar-refractivity contribution in [3.63, 3.8) is 0 Å². The zero-order valence-corrected chi connectivity index (χ0v) is 13.9. The molecule has 1 aliphatic heterocycles. The Balaban J connectivity index is 2.01. The van der Waals surface area contributed by atoms with Crippen LogP contribution in [0, 0.1) is 10.1 Å². The lowest BCUT2D eigenvalue weighted by atomic mass is 10.1. The van der Waals surface area contributed by atoms with Crippen LogP contribution < -0.4 is 9.64 Å². The maximum atomic E-state index is 12.7. The third kappa shape index (κ3) is 3.11. The summed E-state index contributed by atoms with van der Waals surface area (Å²) >= 11 is 0.731. The van der Waals surface area contributed by atoms with Crippen LogP contribution in [0.15, 0.2) is 53.4 Å². The van der Waals surface area contributed by atoms with Gasteiger partial charge in [-0.3, -0.25) is 19.7 Å². The van der Waals surface area contributed by atoms with E-state index in [1.165, 1.54) is 31.4 Å². The number of anilines is 1. The number of nitro groups is 1. The highest BCUT2D eigenvalue weighted by Crippen LogP contribution is 2.40. The highest BCUT2D eigenvalue weighted by atomic mass is 32.2. The van der Waals surface area contributed by atoms with Crippen molar-refractivity contribution in [3.8, 4) is 5.75 Å². The summed E-state index contributed by atoms with van der Waals surface area (Å²) in [7, 11) is 1.45. The molecule has 0 unspecified atom stereocenters. The van der Waals surface area contributed by atoms with Crippen LogP contribution in [0.1, 0.15) is 5.56 Å². The van der Waals surface area contributed by atoms with E-state index >= 15 is 0 Å². The fourth-order valence-corrected chi connectivity index (χ4v) is 3.23. The van der Waals surface area contributed by atoms with E-state index in [1.54, 1.807) is 30.3 Å². The third-order valence-corrected chi connectivity index (χ3v) is 4.41. The maximum absolute atomic E-state index is 12.7. The van der Waals surface area contributed by atoms with Gasteiger partial charge in [0.05, 0.1) is 28.2 Å². The van der Waals surface area contributed by atoms with E-state index in [0.717, 1.165) is 16.7 Å². The van der Waals surface area contributed by atoms with Gasteiger partial charge in [0, 0.05) is 6.07 Å². The standard InChI is InChI=1S/C17H12N2O5S/c1-24-14-9-5-4-8-13(14)18-16(20)15(25-17(18)21)10-11-6-2-3-7-12(11)19(22)23/h2-10H,1H3/b15-10-. The number of amides is 2. The van der Waals surface area contributed by atoms with E-state index in [4.69, 9.17) is 4.74 Å².